The topological polar surface area (TPSA) is 15.5 Å². The molecule has 18 heavy (non-hydrogen) atoms. The van der Waals surface area contributed by atoms with Crippen LogP contribution >= 0.6 is 0 Å². The van der Waals surface area contributed by atoms with Crippen molar-refractivity contribution in [2.24, 2.45) is 0 Å². The van der Waals surface area contributed by atoms with Crippen LogP contribution < -0.4 is 24.0 Å². The van der Waals surface area contributed by atoms with Gasteiger partial charge in [0.05, 0.1) is 11.6 Å². The molecule has 0 bridgehead atoms. The number of halogens is 1. The molecule has 0 aromatic heterocycles. The Morgan fingerprint density at radius 2 is 1.89 bits per heavy atom. The van der Waals surface area contributed by atoms with E-state index in [4.69, 9.17) is 4.43 Å². The van der Waals surface area contributed by atoms with Crippen molar-refractivity contribution in [1.29, 1.82) is 0 Å². The molecule has 0 N–H and O–H groups in total. The third-order valence-corrected chi connectivity index (χ3v) is 3.95. The molecule has 0 spiro atoms. The minimum Gasteiger partial charge on any atom is -1.00 e. The highest BCUT2D eigenvalue weighted by molar-refractivity contribution is 6.69. The molecule has 5 heteroatoms. The van der Waals surface area contributed by atoms with Gasteiger partial charge in [0, 0.05) is 0 Å². The van der Waals surface area contributed by atoms with Crippen molar-refractivity contribution >= 4 is 14.7 Å². The molecule has 1 rings (SSSR count). The van der Waals surface area contributed by atoms with Crippen LogP contribution in [-0.2, 0) is 4.43 Å². The Labute approximate surface area is 131 Å². The van der Waals surface area contributed by atoms with Crippen LogP contribution in [0.25, 0.3) is 0 Å². The van der Waals surface area contributed by atoms with Gasteiger partial charge in [-0.2, -0.15) is 0 Å². The van der Waals surface area contributed by atoms with Gasteiger partial charge in [-0.15, -0.1) is 0 Å². The van der Waals surface area contributed by atoms with Crippen LogP contribution in [0, 0.1) is 0 Å². The molecule has 0 aromatic carbocycles. The van der Waals surface area contributed by atoms with E-state index in [0.717, 1.165) is 19.6 Å². The molecule has 1 aliphatic rings. The molecule has 1 aliphatic heterocycles. The zero-order valence-electron chi connectivity index (χ0n) is 13.0. The van der Waals surface area contributed by atoms with Gasteiger partial charge in [0.25, 0.3) is 0 Å². The highest BCUT2D eigenvalue weighted by Crippen LogP contribution is 2.18. The first-order chi connectivity index (χ1) is 7.59. The van der Waals surface area contributed by atoms with Crippen molar-refractivity contribution in [3.05, 3.63) is 0 Å². The van der Waals surface area contributed by atoms with Crippen molar-refractivity contribution in [2.75, 3.05) is 19.6 Å². The van der Waals surface area contributed by atoms with Gasteiger partial charge in [0.2, 0.25) is 6.34 Å². The Morgan fingerprint density at radius 3 is 2.28 bits per heavy atom. The molecule has 0 saturated carbocycles. The maximum atomic E-state index is 6.24. The molecule has 0 aliphatic carbocycles. The molecule has 3 nitrogen and oxygen atoms in total. The number of rotatable bonds is 5. The van der Waals surface area contributed by atoms with E-state index in [1.54, 1.807) is 0 Å². The molecule has 0 radical (unpaired) electrons. The van der Waals surface area contributed by atoms with Crippen LogP contribution in [-0.4, -0.2) is 55.4 Å². The van der Waals surface area contributed by atoms with Gasteiger partial charge in [-0.1, -0.05) is 0 Å². The van der Waals surface area contributed by atoms with Crippen LogP contribution in [0.1, 0.15) is 27.7 Å². The van der Waals surface area contributed by atoms with E-state index in [1.807, 2.05) is 0 Å². The molecular weight excluding hydrogens is 355 g/mol. The van der Waals surface area contributed by atoms with Gasteiger partial charge in [0.1, 0.15) is 19.6 Å². The molecule has 0 atom stereocenters. The zero-order valence-corrected chi connectivity index (χ0v) is 16.1. The second-order valence-electron chi connectivity index (χ2n) is 6.89. The lowest BCUT2D eigenvalue weighted by atomic mass is 10.1. The van der Waals surface area contributed by atoms with Crippen LogP contribution in [0.15, 0.2) is 0 Å². The molecule has 0 unspecified atom stereocenters. The van der Waals surface area contributed by atoms with E-state index < -0.39 is 8.32 Å². The lowest BCUT2D eigenvalue weighted by Crippen LogP contribution is -3.00. The van der Waals surface area contributed by atoms with Gasteiger partial charge in [-0.05, 0) is 47.3 Å². The summed E-state index contributed by atoms with van der Waals surface area (Å²) in [6.45, 7) is 18.9. The fourth-order valence-corrected chi connectivity index (χ4v) is 4.15. The molecule has 108 valence electrons. The minimum absolute atomic E-state index is 0. The summed E-state index contributed by atoms with van der Waals surface area (Å²) in [5.74, 6) is 0. The monoisotopic (exact) mass is 384 g/mol. The quantitative estimate of drug-likeness (QED) is 0.357. The molecule has 0 fully saturated rings. The first-order valence-corrected chi connectivity index (χ1v) is 10.0. The third kappa shape index (κ3) is 6.52. The van der Waals surface area contributed by atoms with Crippen molar-refractivity contribution < 1.29 is 33.0 Å². The summed E-state index contributed by atoms with van der Waals surface area (Å²) >= 11 is 0. The summed E-state index contributed by atoms with van der Waals surface area (Å²) in [5, 5.41) is 0. The van der Waals surface area contributed by atoms with E-state index in [9.17, 15) is 0 Å². The van der Waals surface area contributed by atoms with Gasteiger partial charge in [-0.25, -0.2) is 0 Å². The maximum Gasteiger partial charge on any atom is 0.234 e. The molecule has 0 aromatic rings. The van der Waals surface area contributed by atoms with Gasteiger partial charge >= 0.3 is 0 Å². The van der Waals surface area contributed by atoms with E-state index in [0.29, 0.717) is 6.04 Å². The smallest absolute Gasteiger partial charge is 0.234 e. The molecular formula is C13H29IN2OSi. The van der Waals surface area contributed by atoms with E-state index in [1.165, 1.54) is 0 Å². The van der Waals surface area contributed by atoms with Crippen LogP contribution in [0.5, 0.6) is 0 Å². The summed E-state index contributed by atoms with van der Waals surface area (Å²) in [7, 11) is -1.46. The van der Waals surface area contributed by atoms with Gasteiger partial charge in [0.15, 0.2) is 8.32 Å². The highest BCUT2D eigenvalue weighted by Gasteiger charge is 2.32. The summed E-state index contributed by atoms with van der Waals surface area (Å²) < 4.78 is 8.63. The summed E-state index contributed by atoms with van der Waals surface area (Å²) in [6, 6.07) is 0.598. The van der Waals surface area contributed by atoms with Crippen molar-refractivity contribution in [3.63, 3.8) is 0 Å². The number of hydrogen-bond acceptors (Lipinski definition) is 2. The Morgan fingerprint density at radius 1 is 1.33 bits per heavy atom. The summed E-state index contributed by atoms with van der Waals surface area (Å²) in [6.07, 6.45) is 2.26. The van der Waals surface area contributed by atoms with Crippen LogP contribution in [0.4, 0.5) is 0 Å². The Kier molecular flexibility index (Phi) is 6.84. The summed E-state index contributed by atoms with van der Waals surface area (Å²) in [5.41, 5.74) is -0.0477. The SMILES string of the molecule is CC(C)N1C=[N+](CC(C)(C)O[Si](C)(C)C)CC1.[I-]. The summed E-state index contributed by atoms with van der Waals surface area (Å²) in [4.78, 5) is 2.39. The minimum atomic E-state index is -1.46. The van der Waals surface area contributed by atoms with Crippen molar-refractivity contribution in [1.82, 2.24) is 4.90 Å². The third-order valence-electron chi connectivity index (χ3n) is 2.79. The Bertz CT molecular complexity index is 298. The lowest BCUT2D eigenvalue weighted by Gasteiger charge is -2.32. The standard InChI is InChI=1S/C13H29N2OSi.HI/c1-12(2)15-9-8-14(11-15)10-13(3,4)16-17(5,6)7;/h11-12H,8-10H2,1-7H3;1H/q+1;/p-1. The fourth-order valence-electron chi connectivity index (χ4n) is 2.43. The van der Waals surface area contributed by atoms with Gasteiger partial charge < -0.3 is 28.4 Å². The first-order valence-electron chi connectivity index (χ1n) is 6.64. The highest BCUT2D eigenvalue weighted by atomic mass is 127. The number of nitrogens with zero attached hydrogens (tertiary/aromatic N) is 2. The van der Waals surface area contributed by atoms with E-state index in [2.05, 4.69) is 63.1 Å². The van der Waals surface area contributed by atoms with Crippen molar-refractivity contribution in [2.45, 2.75) is 59.0 Å². The van der Waals surface area contributed by atoms with Crippen LogP contribution in [0.3, 0.4) is 0 Å². The molecule has 0 saturated heterocycles. The average Bonchev–Trinajstić information content (AvgIpc) is 2.46. The predicted molar refractivity (Wildman–Crippen MR) is 76.4 cm³/mol. The van der Waals surface area contributed by atoms with Gasteiger partial charge in [-0.3, -0.25) is 9.48 Å². The maximum absolute atomic E-state index is 6.24. The first kappa shape index (κ1) is 18.4. The zero-order chi connectivity index (χ0) is 13.3. The second kappa shape index (κ2) is 6.70. The Balaban J connectivity index is 0.00000289. The van der Waals surface area contributed by atoms with Crippen molar-refractivity contribution in [3.8, 4) is 0 Å². The second-order valence-corrected chi connectivity index (χ2v) is 11.3. The Hall–Kier alpha value is 0.377. The fraction of sp³-hybridized carbons (Fsp3) is 0.923. The predicted octanol–water partition coefficient (Wildman–Crippen LogP) is -0.615. The van der Waals surface area contributed by atoms with E-state index in [-0.39, 0.29) is 29.6 Å². The average molecular weight is 384 g/mol. The normalized spacial score (nSPS) is 16.9. The largest absolute Gasteiger partial charge is 1.00 e. The molecule has 0 amide bonds. The number of hydrogen-bond donors (Lipinski definition) is 0. The lowest BCUT2D eigenvalue weighted by molar-refractivity contribution is -0.529. The van der Waals surface area contributed by atoms with Crippen LogP contribution in [0.2, 0.25) is 19.6 Å². The molecule has 1 heterocycles. The van der Waals surface area contributed by atoms with E-state index >= 15 is 0 Å².